The van der Waals surface area contributed by atoms with Gasteiger partial charge in [-0.25, -0.2) is 13.5 Å². The maximum Gasteiger partial charge on any atom is 0.332 e. The standard InChI is InChI=1S/C10H12BrFN2O2S/c1-5(2)13-10(16)14(17)8-4-6(11)3-7(12)9(8)15/h3-5,15,17H,1-2H3,(H,13,16). The zero-order valence-electron chi connectivity index (χ0n) is 9.24. The third-order valence-corrected chi connectivity index (χ3v) is 2.70. The normalized spacial score (nSPS) is 10.5. The van der Waals surface area contributed by atoms with Crippen molar-refractivity contribution in [2.24, 2.45) is 0 Å². The monoisotopic (exact) mass is 322 g/mol. The van der Waals surface area contributed by atoms with E-state index in [2.05, 4.69) is 34.1 Å². The lowest BCUT2D eigenvalue weighted by atomic mass is 10.3. The number of aromatic hydroxyl groups is 1. The van der Waals surface area contributed by atoms with Gasteiger partial charge < -0.3 is 10.4 Å². The van der Waals surface area contributed by atoms with Crippen LogP contribution in [-0.4, -0.2) is 17.2 Å². The van der Waals surface area contributed by atoms with Crippen LogP contribution in [0.15, 0.2) is 16.6 Å². The summed E-state index contributed by atoms with van der Waals surface area (Å²) >= 11 is 7.00. The minimum absolute atomic E-state index is 0.0293. The van der Waals surface area contributed by atoms with Gasteiger partial charge >= 0.3 is 6.03 Å². The average molecular weight is 323 g/mol. The molecule has 0 unspecified atom stereocenters. The summed E-state index contributed by atoms with van der Waals surface area (Å²) in [4.78, 5) is 11.6. The van der Waals surface area contributed by atoms with Gasteiger partial charge in [-0.2, -0.15) is 0 Å². The number of phenolic OH excluding ortho intramolecular Hbond substituents is 1. The number of halogens is 2. The highest BCUT2D eigenvalue weighted by molar-refractivity contribution is 9.10. The first-order valence-corrected chi connectivity index (χ1v) is 5.99. The van der Waals surface area contributed by atoms with Crippen LogP contribution in [0.25, 0.3) is 0 Å². The Morgan fingerprint density at radius 2 is 2.18 bits per heavy atom. The fourth-order valence-electron chi connectivity index (χ4n) is 1.13. The Labute approximate surface area is 112 Å². The highest BCUT2D eigenvalue weighted by atomic mass is 79.9. The Balaban J connectivity index is 3.03. The number of phenols is 1. The number of thiol groups is 1. The third-order valence-electron chi connectivity index (χ3n) is 1.84. The molecule has 0 fully saturated rings. The molecule has 17 heavy (non-hydrogen) atoms. The van der Waals surface area contributed by atoms with Gasteiger partial charge in [0, 0.05) is 10.5 Å². The van der Waals surface area contributed by atoms with E-state index in [0.29, 0.717) is 4.47 Å². The van der Waals surface area contributed by atoms with E-state index in [1.54, 1.807) is 13.8 Å². The summed E-state index contributed by atoms with van der Waals surface area (Å²) in [7, 11) is 0. The van der Waals surface area contributed by atoms with Crippen molar-refractivity contribution in [3.63, 3.8) is 0 Å². The first-order valence-electron chi connectivity index (χ1n) is 4.80. The van der Waals surface area contributed by atoms with E-state index in [1.165, 1.54) is 6.07 Å². The number of carbonyl (C=O) groups excluding carboxylic acids is 1. The summed E-state index contributed by atoms with van der Waals surface area (Å²) in [6.45, 7) is 3.56. The van der Waals surface area contributed by atoms with Crippen LogP contribution in [0.4, 0.5) is 14.9 Å². The molecule has 1 rings (SSSR count). The van der Waals surface area contributed by atoms with Crippen molar-refractivity contribution < 1.29 is 14.3 Å². The molecule has 1 aromatic rings. The van der Waals surface area contributed by atoms with Gasteiger partial charge in [0.1, 0.15) is 5.69 Å². The predicted octanol–water partition coefficient (Wildman–Crippen LogP) is 3.06. The Kier molecular flexibility index (Phi) is 4.64. The molecule has 0 bridgehead atoms. The van der Waals surface area contributed by atoms with Crippen LogP contribution < -0.4 is 9.62 Å². The summed E-state index contributed by atoms with van der Waals surface area (Å²) in [5.41, 5.74) is -0.0293. The second-order valence-electron chi connectivity index (χ2n) is 3.67. The second kappa shape index (κ2) is 5.59. The van der Waals surface area contributed by atoms with Crippen molar-refractivity contribution in [1.82, 2.24) is 5.32 Å². The fourth-order valence-corrected chi connectivity index (χ4v) is 1.76. The molecular weight excluding hydrogens is 311 g/mol. The van der Waals surface area contributed by atoms with Gasteiger partial charge in [-0.15, -0.1) is 0 Å². The Morgan fingerprint density at radius 1 is 1.59 bits per heavy atom. The molecule has 0 aliphatic carbocycles. The summed E-state index contributed by atoms with van der Waals surface area (Å²) in [6.07, 6.45) is 0. The fraction of sp³-hybridized carbons (Fsp3) is 0.300. The smallest absolute Gasteiger partial charge is 0.332 e. The van der Waals surface area contributed by atoms with Crippen LogP contribution in [0.2, 0.25) is 0 Å². The van der Waals surface area contributed by atoms with E-state index in [1.807, 2.05) is 0 Å². The number of nitrogens with zero attached hydrogens (tertiary/aromatic N) is 1. The quantitative estimate of drug-likeness (QED) is 0.733. The second-order valence-corrected chi connectivity index (χ2v) is 4.99. The van der Waals surface area contributed by atoms with Gasteiger partial charge in [0.25, 0.3) is 0 Å². The number of hydrogen-bond acceptors (Lipinski definition) is 3. The highest BCUT2D eigenvalue weighted by Gasteiger charge is 2.19. The number of hydrogen-bond donors (Lipinski definition) is 3. The molecule has 0 aliphatic rings. The van der Waals surface area contributed by atoms with Gasteiger partial charge in [0.15, 0.2) is 11.6 Å². The maximum absolute atomic E-state index is 13.3. The SMILES string of the molecule is CC(C)NC(=O)N(S)c1cc(Br)cc(F)c1O. The molecule has 4 nitrogen and oxygen atoms in total. The molecule has 7 heteroatoms. The number of benzene rings is 1. The van der Waals surface area contributed by atoms with Crippen molar-refractivity contribution in [1.29, 1.82) is 0 Å². The largest absolute Gasteiger partial charge is 0.503 e. The zero-order chi connectivity index (χ0) is 13.2. The number of amides is 2. The summed E-state index contributed by atoms with van der Waals surface area (Å²) < 4.78 is 14.5. The van der Waals surface area contributed by atoms with Crippen LogP contribution in [-0.2, 0) is 0 Å². The van der Waals surface area contributed by atoms with Crippen molar-refractivity contribution >= 4 is 40.5 Å². The minimum Gasteiger partial charge on any atom is -0.503 e. The lowest BCUT2D eigenvalue weighted by Gasteiger charge is -2.19. The Bertz CT molecular complexity index is 443. The Morgan fingerprint density at radius 3 is 2.71 bits per heavy atom. The van der Waals surface area contributed by atoms with Crippen LogP contribution in [0.3, 0.4) is 0 Å². The van der Waals surface area contributed by atoms with Crippen LogP contribution in [0.5, 0.6) is 5.75 Å². The first kappa shape index (κ1) is 14.1. The number of urea groups is 1. The number of anilines is 1. The molecule has 0 aliphatic heterocycles. The molecule has 0 saturated heterocycles. The summed E-state index contributed by atoms with van der Waals surface area (Å²) in [5.74, 6) is -1.45. The van der Waals surface area contributed by atoms with Crippen LogP contribution in [0, 0.1) is 5.82 Å². The molecule has 0 aromatic heterocycles. The molecule has 2 N–H and O–H groups in total. The summed E-state index contributed by atoms with van der Waals surface area (Å²) in [6, 6.07) is 1.86. The topological polar surface area (TPSA) is 52.6 Å². The van der Waals surface area contributed by atoms with Crippen molar-refractivity contribution in [2.45, 2.75) is 19.9 Å². The predicted molar refractivity (Wildman–Crippen MR) is 70.9 cm³/mol. The van der Waals surface area contributed by atoms with E-state index in [4.69, 9.17) is 0 Å². The Hall–Kier alpha value is -0.950. The van der Waals surface area contributed by atoms with E-state index in [0.717, 1.165) is 10.4 Å². The average Bonchev–Trinajstić information content (AvgIpc) is 2.21. The van der Waals surface area contributed by atoms with E-state index < -0.39 is 17.6 Å². The minimum atomic E-state index is -0.828. The van der Waals surface area contributed by atoms with Crippen molar-refractivity contribution in [3.05, 3.63) is 22.4 Å². The third kappa shape index (κ3) is 3.50. The van der Waals surface area contributed by atoms with E-state index in [9.17, 15) is 14.3 Å². The molecule has 0 saturated carbocycles. The lowest BCUT2D eigenvalue weighted by Crippen LogP contribution is -2.38. The van der Waals surface area contributed by atoms with Gasteiger partial charge in [0.2, 0.25) is 0 Å². The number of nitrogens with one attached hydrogen (secondary N) is 1. The van der Waals surface area contributed by atoms with Gasteiger partial charge in [-0.1, -0.05) is 28.7 Å². The van der Waals surface area contributed by atoms with Crippen LogP contribution >= 0.6 is 28.7 Å². The molecule has 0 radical (unpaired) electrons. The zero-order valence-corrected chi connectivity index (χ0v) is 11.7. The first-order chi connectivity index (χ1) is 7.82. The molecule has 94 valence electrons. The number of rotatable bonds is 2. The number of carbonyl (C=O) groups is 1. The van der Waals surface area contributed by atoms with Crippen molar-refractivity contribution in [2.75, 3.05) is 4.31 Å². The highest BCUT2D eigenvalue weighted by Crippen LogP contribution is 2.34. The lowest BCUT2D eigenvalue weighted by molar-refractivity contribution is 0.247. The maximum atomic E-state index is 13.3. The molecule has 0 heterocycles. The van der Waals surface area contributed by atoms with Gasteiger partial charge in [-0.05, 0) is 26.0 Å². The molecule has 1 aromatic carbocycles. The van der Waals surface area contributed by atoms with Gasteiger partial charge in [0.05, 0.1) is 0 Å². The van der Waals surface area contributed by atoms with Gasteiger partial charge in [-0.3, -0.25) is 0 Å². The van der Waals surface area contributed by atoms with Crippen molar-refractivity contribution in [3.8, 4) is 5.75 Å². The summed E-state index contributed by atoms with van der Waals surface area (Å²) in [5, 5.41) is 12.1. The molecule has 0 spiro atoms. The van der Waals surface area contributed by atoms with E-state index >= 15 is 0 Å². The molecule has 0 atom stereocenters. The molecular formula is C10H12BrFN2O2S. The van der Waals surface area contributed by atoms with E-state index in [-0.39, 0.29) is 11.7 Å². The van der Waals surface area contributed by atoms with Crippen LogP contribution in [0.1, 0.15) is 13.8 Å². The molecule has 2 amide bonds.